The number of benzene rings is 1. The maximum absolute atomic E-state index is 12.3. The van der Waals surface area contributed by atoms with Crippen LogP contribution in [0.5, 0.6) is 0 Å². The Morgan fingerprint density at radius 2 is 1.73 bits per heavy atom. The predicted molar refractivity (Wildman–Crippen MR) is 47.0 cm³/mol. The number of hydrogen-bond acceptors (Lipinski definition) is 0. The molecule has 0 heterocycles. The molecule has 11 heavy (non-hydrogen) atoms. The van der Waals surface area contributed by atoms with Crippen LogP contribution in [0.25, 0.3) is 0 Å². The zero-order valence-corrected chi connectivity index (χ0v) is 11.3. The summed E-state index contributed by atoms with van der Waals surface area (Å²) in [5.74, 6) is -0.243. The van der Waals surface area contributed by atoms with Crippen molar-refractivity contribution in [3.63, 3.8) is 0 Å². The van der Waals surface area contributed by atoms with E-state index in [4.69, 9.17) is 9.69 Å². The molecule has 1 rings (SSSR count). The number of halogens is 3. The van der Waals surface area contributed by atoms with E-state index in [1.165, 1.54) is 6.07 Å². The van der Waals surface area contributed by atoms with E-state index in [9.17, 15) is 4.39 Å². The van der Waals surface area contributed by atoms with E-state index < -0.39 is 0 Å². The first-order chi connectivity index (χ1) is 4.80. The summed E-state index contributed by atoms with van der Waals surface area (Å²) < 4.78 is 12.3. The van der Waals surface area contributed by atoms with Gasteiger partial charge in [0, 0.05) is 5.82 Å². The van der Waals surface area contributed by atoms with Crippen molar-refractivity contribution in [3.8, 4) is 0 Å². The van der Waals surface area contributed by atoms with Crippen molar-refractivity contribution in [2.45, 2.75) is 0 Å². The minimum absolute atomic E-state index is 0. The SMILES string of the molecule is Br.[CH2-]c1ccccc1F.[Cl][Zn+]. The second kappa shape index (κ2) is 8.51. The van der Waals surface area contributed by atoms with Crippen molar-refractivity contribution in [2.24, 2.45) is 0 Å². The average molecular weight is 291 g/mol. The van der Waals surface area contributed by atoms with Crippen LogP contribution in [-0.2, 0) is 17.3 Å². The van der Waals surface area contributed by atoms with Crippen molar-refractivity contribution >= 4 is 26.7 Å². The third kappa shape index (κ3) is 5.66. The molecule has 0 atom stereocenters. The summed E-state index contributed by atoms with van der Waals surface area (Å²) in [4.78, 5) is 0. The Balaban J connectivity index is 0. The predicted octanol–water partition coefficient (Wildman–Crippen LogP) is 3.27. The van der Waals surface area contributed by atoms with Crippen LogP contribution in [-0.4, -0.2) is 0 Å². The van der Waals surface area contributed by atoms with Gasteiger partial charge in [0.05, 0.1) is 0 Å². The van der Waals surface area contributed by atoms with Gasteiger partial charge in [0.25, 0.3) is 0 Å². The third-order valence-corrected chi connectivity index (χ3v) is 0.958. The summed E-state index contributed by atoms with van der Waals surface area (Å²) in [5.41, 5.74) is 0.451. The van der Waals surface area contributed by atoms with Crippen molar-refractivity contribution in [2.75, 3.05) is 0 Å². The molecule has 0 bridgehead atoms. The first-order valence-electron chi connectivity index (χ1n) is 2.64. The van der Waals surface area contributed by atoms with Crippen LogP contribution in [0.2, 0.25) is 0 Å². The summed E-state index contributed by atoms with van der Waals surface area (Å²) in [6, 6.07) is 6.42. The second-order valence-corrected chi connectivity index (χ2v) is 1.59. The van der Waals surface area contributed by atoms with E-state index in [0.29, 0.717) is 5.56 Å². The van der Waals surface area contributed by atoms with Gasteiger partial charge in [-0.3, -0.25) is 4.39 Å². The first kappa shape index (κ1) is 14.0. The van der Waals surface area contributed by atoms with Gasteiger partial charge in [0.15, 0.2) is 0 Å². The molecule has 0 saturated carbocycles. The Morgan fingerprint density at radius 1 is 1.27 bits per heavy atom. The van der Waals surface area contributed by atoms with Crippen molar-refractivity contribution in [1.82, 2.24) is 0 Å². The minimum atomic E-state index is -0.243. The van der Waals surface area contributed by atoms with Gasteiger partial charge in [-0.1, -0.05) is 12.1 Å². The zero-order chi connectivity index (χ0) is 7.98. The fourth-order valence-electron chi connectivity index (χ4n) is 0.498. The van der Waals surface area contributed by atoms with Crippen LogP contribution in [0.15, 0.2) is 24.3 Å². The van der Waals surface area contributed by atoms with Gasteiger partial charge in [-0.15, -0.1) is 23.0 Å². The molecule has 0 fully saturated rings. The van der Waals surface area contributed by atoms with Crippen molar-refractivity contribution in [3.05, 3.63) is 42.6 Å². The van der Waals surface area contributed by atoms with Gasteiger partial charge in [-0.25, -0.2) is 0 Å². The molecule has 1 aromatic carbocycles. The summed E-state index contributed by atoms with van der Waals surface area (Å²) in [7, 11) is 4.76. The maximum atomic E-state index is 12.3. The molecule has 0 radical (unpaired) electrons. The van der Waals surface area contributed by atoms with Crippen molar-refractivity contribution in [1.29, 1.82) is 0 Å². The topological polar surface area (TPSA) is 0 Å². The molecule has 0 aliphatic carbocycles. The summed E-state index contributed by atoms with van der Waals surface area (Å²) in [6.45, 7) is 3.45. The van der Waals surface area contributed by atoms with Crippen LogP contribution >= 0.6 is 26.7 Å². The fraction of sp³-hybridized carbons (Fsp3) is 0. The van der Waals surface area contributed by atoms with E-state index in [-0.39, 0.29) is 22.8 Å². The zero-order valence-electron chi connectivity index (χ0n) is 5.89. The molecule has 4 heteroatoms. The molecule has 0 N–H and O–H groups in total. The van der Waals surface area contributed by atoms with Gasteiger partial charge in [0.1, 0.15) is 0 Å². The van der Waals surface area contributed by atoms with E-state index in [1.54, 1.807) is 18.2 Å². The fourth-order valence-corrected chi connectivity index (χ4v) is 0.498. The molecule has 0 spiro atoms. The average Bonchev–Trinajstić information content (AvgIpc) is 2.00. The van der Waals surface area contributed by atoms with Gasteiger partial charge in [0.2, 0.25) is 0 Å². The van der Waals surface area contributed by atoms with Crippen LogP contribution in [0.3, 0.4) is 0 Å². The number of hydrogen-bond donors (Lipinski definition) is 0. The molecule has 1 aromatic rings. The van der Waals surface area contributed by atoms with Crippen LogP contribution in [0, 0.1) is 12.7 Å². The molecule has 58 valence electrons. The first-order valence-corrected chi connectivity index (χ1v) is 6.54. The van der Waals surface area contributed by atoms with E-state index in [0.717, 1.165) is 17.3 Å². The molecule has 0 aromatic heterocycles. The van der Waals surface area contributed by atoms with E-state index in [1.807, 2.05) is 0 Å². The van der Waals surface area contributed by atoms with Gasteiger partial charge < -0.3 is 0 Å². The molecule has 0 unspecified atom stereocenters. The standard InChI is InChI=1S/C7H6F.BrH.ClH.Zn/c1-6-4-2-3-5-7(6)8;;;/h2-5H,1H2;2*1H;/q-1;;;+2/p-1. The monoisotopic (exact) mass is 288 g/mol. The summed E-state index contributed by atoms with van der Waals surface area (Å²) in [5, 5.41) is 0. The second-order valence-electron chi connectivity index (χ2n) is 1.59. The molecule has 0 nitrogen and oxygen atoms in total. The molecule has 0 saturated heterocycles. The van der Waals surface area contributed by atoms with Crippen LogP contribution in [0.1, 0.15) is 5.56 Å². The normalized spacial score (nSPS) is 7.27. The third-order valence-electron chi connectivity index (χ3n) is 0.958. The molecular formula is C7H7BrClFZn. The van der Waals surface area contributed by atoms with E-state index in [2.05, 4.69) is 6.92 Å². The van der Waals surface area contributed by atoms with Crippen molar-refractivity contribution < 1.29 is 21.7 Å². The summed E-state index contributed by atoms with van der Waals surface area (Å²) >= 11 is 0.847. The molecule has 0 aliphatic rings. The van der Waals surface area contributed by atoms with Crippen LogP contribution in [0.4, 0.5) is 4.39 Å². The summed E-state index contributed by atoms with van der Waals surface area (Å²) in [6.07, 6.45) is 0. The van der Waals surface area contributed by atoms with E-state index >= 15 is 0 Å². The molecule has 0 aliphatic heterocycles. The Hall–Kier alpha value is 0.413. The Kier molecular flexibility index (Phi) is 10.8. The van der Waals surface area contributed by atoms with Gasteiger partial charge >= 0.3 is 27.0 Å². The quantitative estimate of drug-likeness (QED) is 0.508. The van der Waals surface area contributed by atoms with Gasteiger partial charge in [-0.05, 0) is 0 Å². The Bertz CT molecular complexity index is 175. The number of rotatable bonds is 0. The Morgan fingerprint density at radius 3 is 2.00 bits per heavy atom. The molecular weight excluding hydrogens is 284 g/mol. The molecule has 0 amide bonds. The van der Waals surface area contributed by atoms with Gasteiger partial charge in [-0.2, -0.15) is 18.6 Å². The Labute approximate surface area is 90.6 Å². The van der Waals surface area contributed by atoms with Crippen LogP contribution < -0.4 is 0 Å².